The summed E-state index contributed by atoms with van der Waals surface area (Å²) in [5.74, 6) is -0.319. The molecule has 0 aliphatic carbocycles. The predicted molar refractivity (Wildman–Crippen MR) is 55.6 cm³/mol. The van der Waals surface area contributed by atoms with Crippen molar-refractivity contribution in [3.05, 3.63) is 18.0 Å². The number of carbonyl (C=O) groups excluding carboxylic acids is 1. The second-order valence-electron chi connectivity index (χ2n) is 3.52. The van der Waals surface area contributed by atoms with E-state index < -0.39 is 6.10 Å². The molecule has 0 aromatic carbocycles. The molecule has 1 aromatic heterocycles. The number of amides is 1. The predicted octanol–water partition coefficient (Wildman–Crippen LogP) is -0.738. The van der Waals surface area contributed by atoms with E-state index in [4.69, 9.17) is 15.7 Å². The van der Waals surface area contributed by atoms with E-state index in [0.717, 1.165) is 0 Å². The number of morpholine rings is 1. The minimum atomic E-state index is -0.593. The van der Waals surface area contributed by atoms with Gasteiger partial charge in [-0.1, -0.05) is 10.3 Å². The van der Waals surface area contributed by atoms with Gasteiger partial charge in [-0.15, -0.1) is 0 Å². The fourth-order valence-corrected chi connectivity index (χ4v) is 1.56. The third-order valence-corrected chi connectivity index (χ3v) is 2.46. The third kappa shape index (κ3) is 2.36. The van der Waals surface area contributed by atoms with Crippen molar-refractivity contribution < 1.29 is 19.3 Å². The summed E-state index contributed by atoms with van der Waals surface area (Å²) in [5, 5.41) is 15.0. The normalized spacial score (nSPS) is 21.5. The summed E-state index contributed by atoms with van der Waals surface area (Å²) in [7, 11) is 0. The molecule has 1 unspecified atom stereocenters. The molecule has 1 atom stereocenters. The average Bonchev–Trinajstić information content (AvgIpc) is 2.91. The molecular formula is C9H12N4O4. The van der Waals surface area contributed by atoms with Crippen LogP contribution in [-0.2, 0) is 4.74 Å². The van der Waals surface area contributed by atoms with E-state index in [1.165, 1.54) is 17.2 Å². The Balaban J connectivity index is 2.05. The summed E-state index contributed by atoms with van der Waals surface area (Å²) in [6, 6.07) is 1.48. The summed E-state index contributed by atoms with van der Waals surface area (Å²) in [5.41, 5.74) is 5.66. The van der Waals surface area contributed by atoms with Crippen LogP contribution in [0.3, 0.4) is 0 Å². The van der Waals surface area contributed by atoms with Gasteiger partial charge >= 0.3 is 0 Å². The number of hydrogen-bond donors (Lipinski definition) is 2. The first kappa shape index (κ1) is 11.4. The largest absolute Gasteiger partial charge is 0.409 e. The van der Waals surface area contributed by atoms with Crippen molar-refractivity contribution in [2.75, 3.05) is 19.7 Å². The maximum Gasteiger partial charge on any atom is 0.276 e. The Labute approximate surface area is 96.6 Å². The van der Waals surface area contributed by atoms with Crippen LogP contribution >= 0.6 is 0 Å². The van der Waals surface area contributed by atoms with E-state index >= 15 is 0 Å². The number of ether oxygens (including phenoxy) is 1. The lowest BCUT2D eigenvalue weighted by Gasteiger charge is -2.31. The zero-order chi connectivity index (χ0) is 12.3. The van der Waals surface area contributed by atoms with Crippen LogP contribution in [0.25, 0.3) is 0 Å². The molecule has 0 radical (unpaired) electrons. The monoisotopic (exact) mass is 240 g/mol. The minimum absolute atomic E-state index is 0.0531. The van der Waals surface area contributed by atoms with Gasteiger partial charge in [0, 0.05) is 12.6 Å². The van der Waals surface area contributed by atoms with E-state index in [2.05, 4.69) is 14.8 Å². The van der Waals surface area contributed by atoms with Crippen molar-refractivity contribution >= 4 is 11.7 Å². The molecule has 17 heavy (non-hydrogen) atoms. The van der Waals surface area contributed by atoms with Gasteiger partial charge in [0.25, 0.3) is 5.91 Å². The van der Waals surface area contributed by atoms with Crippen LogP contribution in [0.2, 0.25) is 0 Å². The number of nitrogens with two attached hydrogens (primary N) is 1. The number of nitrogens with zero attached hydrogens (tertiary/aromatic N) is 3. The summed E-state index contributed by atoms with van der Waals surface area (Å²) in [4.78, 5) is 13.4. The fourth-order valence-electron chi connectivity index (χ4n) is 1.56. The van der Waals surface area contributed by atoms with Crippen molar-refractivity contribution in [3.8, 4) is 0 Å². The second-order valence-corrected chi connectivity index (χ2v) is 3.52. The molecule has 1 amide bonds. The smallest absolute Gasteiger partial charge is 0.276 e. The summed E-state index contributed by atoms with van der Waals surface area (Å²) < 4.78 is 9.88. The Bertz CT molecular complexity index is 417. The minimum Gasteiger partial charge on any atom is -0.409 e. The molecule has 1 aliphatic heterocycles. The van der Waals surface area contributed by atoms with Gasteiger partial charge in [0.15, 0.2) is 11.5 Å². The number of aromatic nitrogens is 1. The lowest BCUT2D eigenvalue weighted by Crippen LogP contribution is -2.50. The van der Waals surface area contributed by atoms with Gasteiger partial charge < -0.3 is 25.1 Å². The zero-order valence-corrected chi connectivity index (χ0v) is 8.94. The van der Waals surface area contributed by atoms with Gasteiger partial charge in [0.1, 0.15) is 12.4 Å². The van der Waals surface area contributed by atoms with Crippen molar-refractivity contribution in [1.29, 1.82) is 0 Å². The molecule has 8 heteroatoms. The maximum absolute atomic E-state index is 11.9. The summed E-state index contributed by atoms with van der Waals surface area (Å²) in [6.07, 6.45) is 0.735. The molecule has 0 spiro atoms. The van der Waals surface area contributed by atoms with Crippen LogP contribution in [0.1, 0.15) is 10.5 Å². The topological polar surface area (TPSA) is 114 Å². The molecule has 1 aromatic rings. The highest BCUT2D eigenvalue weighted by Gasteiger charge is 2.28. The number of hydrogen-bond acceptors (Lipinski definition) is 6. The Hall–Kier alpha value is -2.09. The van der Waals surface area contributed by atoms with Crippen LogP contribution < -0.4 is 5.73 Å². The Kier molecular flexibility index (Phi) is 3.24. The van der Waals surface area contributed by atoms with Gasteiger partial charge in [-0.3, -0.25) is 4.79 Å². The molecule has 1 saturated heterocycles. The first-order valence-electron chi connectivity index (χ1n) is 5.01. The molecule has 8 nitrogen and oxygen atoms in total. The number of amidine groups is 1. The SMILES string of the molecule is NC(=NO)C1CN(C(=O)c2ccon2)CCO1. The van der Waals surface area contributed by atoms with E-state index in [1.807, 2.05) is 0 Å². The molecule has 92 valence electrons. The second kappa shape index (κ2) is 4.83. The molecule has 0 saturated carbocycles. The third-order valence-electron chi connectivity index (χ3n) is 2.46. The van der Waals surface area contributed by atoms with Gasteiger partial charge in [0.2, 0.25) is 0 Å². The van der Waals surface area contributed by atoms with Gasteiger partial charge in [-0.05, 0) is 0 Å². The first-order chi connectivity index (χ1) is 8.22. The Morgan fingerprint density at radius 3 is 3.18 bits per heavy atom. The van der Waals surface area contributed by atoms with Gasteiger partial charge in [-0.25, -0.2) is 0 Å². The van der Waals surface area contributed by atoms with Crippen molar-refractivity contribution in [1.82, 2.24) is 10.1 Å². The van der Waals surface area contributed by atoms with Crippen molar-refractivity contribution in [3.63, 3.8) is 0 Å². The maximum atomic E-state index is 11.9. The van der Waals surface area contributed by atoms with E-state index in [1.54, 1.807) is 0 Å². The summed E-state index contributed by atoms with van der Waals surface area (Å²) >= 11 is 0. The van der Waals surface area contributed by atoms with Crippen LogP contribution in [-0.4, -0.2) is 52.8 Å². The molecule has 3 N–H and O–H groups in total. The molecule has 2 rings (SSSR count). The van der Waals surface area contributed by atoms with E-state index in [0.29, 0.717) is 13.2 Å². The van der Waals surface area contributed by atoms with Crippen LogP contribution in [0, 0.1) is 0 Å². The van der Waals surface area contributed by atoms with Crippen LogP contribution in [0.15, 0.2) is 22.0 Å². The molecule has 1 aliphatic rings. The van der Waals surface area contributed by atoms with Gasteiger partial charge in [0.05, 0.1) is 13.2 Å². The Morgan fingerprint density at radius 1 is 1.71 bits per heavy atom. The number of oxime groups is 1. The van der Waals surface area contributed by atoms with E-state index in [-0.39, 0.29) is 24.0 Å². The Morgan fingerprint density at radius 2 is 2.53 bits per heavy atom. The highest BCUT2D eigenvalue weighted by atomic mass is 16.5. The van der Waals surface area contributed by atoms with E-state index in [9.17, 15) is 4.79 Å². The first-order valence-corrected chi connectivity index (χ1v) is 5.01. The molecule has 1 fully saturated rings. The molecular weight excluding hydrogens is 228 g/mol. The summed E-state index contributed by atoms with van der Waals surface area (Å²) in [6.45, 7) is 0.979. The van der Waals surface area contributed by atoms with Crippen molar-refractivity contribution in [2.24, 2.45) is 10.9 Å². The average molecular weight is 240 g/mol. The quantitative estimate of drug-likeness (QED) is 0.304. The van der Waals surface area contributed by atoms with Crippen LogP contribution in [0.5, 0.6) is 0 Å². The molecule has 0 bridgehead atoms. The van der Waals surface area contributed by atoms with Crippen LogP contribution in [0.4, 0.5) is 0 Å². The number of rotatable bonds is 2. The lowest BCUT2D eigenvalue weighted by molar-refractivity contribution is 0.00630. The molecule has 2 heterocycles. The number of carbonyl (C=O) groups is 1. The lowest BCUT2D eigenvalue weighted by atomic mass is 10.2. The van der Waals surface area contributed by atoms with Gasteiger partial charge in [-0.2, -0.15) is 0 Å². The standard InChI is InChI=1S/C9H12N4O4/c10-8(11-15)7-5-13(2-4-16-7)9(14)6-1-3-17-12-6/h1,3,7,15H,2,4-5H2,(H2,10,11). The zero-order valence-electron chi connectivity index (χ0n) is 8.94. The highest BCUT2D eigenvalue weighted by Crippen LogP contribution is 2.09. The highest BCUT2D eigenvalue weighted by molar-refractivity contribution is 5.93. The van der Waals surface area contributed by atoms with Crippen molar-refractivity contribution in [2.45, 2.75) is 6.10 Å². The fraction of sp³-hybridized carbons (Fsp3) is 0.444.